The Morgan fingerprint density at radius 2 is 2.00 bits per heavy atom. The third kappa shape index (κ3) is 2.08. The van der Waals surface area contributed by atoms with Crippen molar-refractivity contribution in [3.8, 4) is 11.8 Å². The molecule has 0 N–H and O–H groups in total. The van der Waals surface area contributed by atoms with Gasteiger partial charge in [0.1, 0.15) is 11.8 Å². The maximum atomic E-state index is 8.45. The lowest BCUT2D eigenvalue weighted by Gasteiger charge is -2.13. The lowest BCUT2D eigenvalue weighted by Crippen LogP contribution is -2.00. The van der Waals surface area contributed by atoms with E-state index in [4.69, 9.17) is 10.00 Å². The van der Waals surface area contributed by atoms with Gasteiger partial charge in [0, 0.05) is 4.47 Å². The number of benzene rings is 1. The maximum Gasteiger partial charge on any atom is 0.174 e. The van der Waals surface area contributed by atoms with Crippen LogP contribution in [0.2, 0.25) is 0 Å². The van der Waals surface area contributed by atoms with Crippen molar-refractivity contribution in [3.05, 3.63) is 27.2 Å². The largest absolute Gasteiger partial charge is 0.478 e. The summed E-state index contributed by atoms with van der Waals surface area (Å²) in [7, 11) is 0. The van der Waals surface area contributed by atoms with Crippen LogP contribution in [0.15, 0.2) is 10.5 Å². The molecule has 1 aromatic carbocycles. The minimum atomic E-state index is 0.1000. The Hall–Kier alpha value is -1.01. The topological polar surface area (TPSA) is 33.0 Å². The van der Waals surface area contributed by atoms with Gasteiger partial charge >= 0.3 is 0 Å². The molecule has 0 fully saturated rings. The van der Waals surface area contributed by atoms with Gasteiger partial charge in [-0.1, -0.05) is 15.9 Å². The first-order chi connectivity index (χ1) is 6.57. The summed E-state index contributed by atoms with van der Waals surface area (Å²) in [6.45, 7) is 6.10. The van der Waals surface area contributed by atoms with Crippen molar-refractivity contribution < 1.29 is 4.74 Å². The van der Waals surface area contributed by atoms with Crippen LogP contribution in [0.1, 0.15) is 16.7 Å². The van der Waals surface area contributed by atoms with Crippen LogP contribution in [-0.4, -0.2) is 6.61 Å². The van der Waals surface area contributed by atoms with Gasteiger partial charge in [-0.25, -0.2) is 0 Å². The number of rotatable bonds is 2. The molecular weight excluding hydrogens is 242 g/mol. The smallest absolute Gasteiger partial charge is 0.174 e. The number of aryl methyl sites for hydroxylation is 1. The van der Waals surface area contributed by atoms with Crippen molar-refractivity contribution in [2.75, 3.05) is 6.61 Å². The monoisotopic (exact) mass is 253 g/mol. The van der Waals surface area contributed by atoms with Crippen molar-refractivity contribution in [1.29, 1.82) is 5.26 Å². The van der Waals surface area contributed by atoms with Gasteiger partial charge in [-0.05, 0) is 43.5 Å². The highest BCUT2D eigenvalue weighted by Crippen LogP contribution is 2.31. The first kappa shape index (κ1) is 11.1. The minimum absolute atomic E-state index is 0.1000. The van der Waals surface area contributed by atoms with Gasteiger partial charge in [-0.2, -0.15) is 5.26 Å². The number of hydrogen-bond donors (Lipinski definition) is 0. The van der Waals surface area contributed by atoms with E-state index in [0.717, 1.165) is 26.9 Å². The predicted octanol–water partition coefficient (Wildman–Crippen LogP) is 3.28. The van der Waals surface area contributed by atoms with E-state index in [2.05, 4.69) is 15.9 Å². The van der Waals surface area contributed by atoms with Gasteiger partial charge in [0.15, 0.2) is 6.61 Å². The fourth-order valence-electron chi connectivity index (χ4n) is 1.34. The van der Waals surface area contributed by atoms with Crippen molar-refractivity contribution in [1.82, 2.24) is 0 Å². The third-order valence-electron chi connectivity index (χ3n) is 2.24. The lowest BCUT2D eigenvalue weighted by molar-refractivity contribution is 0.362. The second kappa shape index (κ2) is 4.47. The summed E-state index contributed by atoms with van der Waals surface area (Å²) in [5.41, 5.74) is 3.30. The molecule has 74 valence electrons. The Kier molecular flexibility index (Phi) is 3.54. The summed E-state index contributed by atoms with van der Waals surface area (Å²) >= 11 is 3.48. The van der Waals surface area contributed by atoms with E-state index >= 15 is 0 Å². The molecule has 0 radical (unpaired) electrons. The maximum absolute atomic E-state index is 8.45. The predicted molar refractivity (Wildman–Crippen MR) is 59.5 cm³/mol. The highest BCUT2D eigenvalue weighted by atomic mass is 79.9. The molecule has 0 aliphatic carbocycles. The fraction of sp³-hybridized carbons (Fsp3) is 0.364. The molecule has 2 nitrogen and oxygen atoms in total. The number of nitriles is 1. The van der Waals surface area contributed by atoms with Gasteiger partial charge in [0.2, 0.25) is 0 Å². The van der Waals surface area contributed by atoms with Crippen LogP contribution >= 0.6 is 15.9 Å². The Balaban J connectivity index is 3.17. The number of ether oxygens (including phenoxy) is 1. The summed E-state index contributed by atoms with van der Waals surface area (Å²) in [5.74, 6) is 0.826. The molecule has 0 aliphatic rings. The van der Waals surface area contributed by atoms with Crippen LogP contribution < -0.4 is 4.74 Å². The van der Waals surface area contributed by atoms with E-state index < -0.39 is 0 Å². The Labute approximate surface area is 92.6 Å². The van der Waals surface area contributed by atoms with Crippen LogP contribution in [0.4, 0.5) is 0 Å². The highest BCUT2D eigenvalue weighted by molar-refractivity contribution is 9.10. The van der Waals surface area contributed by atoms with E-state index in [1.165, 1.54) is 0 Å². The molecule has 0 unspecified atom stereocenters. The molecule has 0 aliphatic heterocycles. The van der Waals surface area contributed by atoms with Gasteiger partial charge in [-0.3, -0.25) is 0 Å². The quantitative estimate of drug-likeness (QED) is 0.811. The highest BCUT2D eigenvalue weighted by Gasteiger charge is 2.09. The van der Waals surface area contributed by atoms with Crippen LogP contribution in [-0.2, 0) is 0 Å². The zero-order valence-corrected chi connectivity index (χ0v) is 10.1. The molecule has 3 heteroatoms. The zero-order valence-electron chi connectivity index (χ0n) is 8.52. The summed E-state index contributed by atoms with van der Waals surface area (Å²) in [4.78, 5) is 0. The van der Waals surface area contributed by atoms with E-state index in [0.29, 0.717) is 0 Å². The Morgan fingerprint density at radius 3 is 2.57 bits per heavy atom. The molecule has 0 atom stereocenters. The van der Waals surface area contributed by atoms with Crippen molar-refractivity contribution in [2.24, 2.45) is 0 Å². The molecule has 0 spiro atoms. The first-order valence-corrected chi connectivity index (χ1v) is 5.13. The molecule has 14 heavy (non-hydrogen) atoms. The van der Waals surface area contributed by atoms with E-state index in [-0.39, 0.29) is 6.61 Å². The molecule has 0 aromatic heterocycles. The summed E-state index contributed by atoms with van der Waals surface area (Å²) in [5, 5.41) is 8.45. The molecule has 0 amide bonds. The third-order valence-corrected chi connectivity index (χ3v) is 3.07. The Morgan fingerprint density at radius 1 is 1.36 bits per heavy atom. The molecule has 1 rings (SSSR count). The summed E-state index contributed by atoms with van der Waals surface area (Å²) in [6, 6.07) is 3.98. The molecule has 1 aromatic rings. The molecule has 0 heterocycles. The molecular formula is C11H12BrNO. The van der Waals surface area contributed by atoms with Crippen LogP contribution in [0.3, 0.4) is 0 Å². The number of hydrogen-bond acceptors (Lipinski definition) is 2. The SMILES string of the molecule is Cc1cc(Br)c(C)c(C)c1OCC#N. The summed E-state index contributed by atoms with van der Waals surface area (Å²) < 4.78 is 6.45. The number of nitrogens with zero attached hydrogens (tertiary/aromatic N) is 1. The van der Waals surface area contributed by atoms with Gasteiger partial charge < -0.3 is 4.74 Å². The van der Waals surface area contributed by atoms with Gasteiger partial charge in [0.05, 0.1) is 0 Å². The second-order valence-electron chi connectivity index (χ2n) is 3.20. The van der Waals surface area contributed by atoms with Crippen LogP contribution in [0.25, 0.3) is 0 Å². The van der Waals surface area contributed by atoms with E-state index in [9.17, 15) is 0 Å². The normalized spacial score (nSPS) is 9.64. The average molecular weight is 254 g/mol. The van der Waals surface area contributed by atoms with Gasteiger partial charge in [0.25, 0.3) is 0 Å². The first-order valence-electron chi connectivity index (χ1n) is 4.34. The zero-order chi connectivity index (χ0) is 10.7. The molecule has 0 bridgehead atoms. The van der Waals surface area contributed by atoms with Crippen molar-refractivity contribution in [2.45, 2.75) is 20.8 Å². The Bertz CT molecular complexity index is 393. The summed E-state index contributed by atoms with van der Waals surface area (Å²) in [6.07, 6.45) is 0. The van der Waals surface area contributed by atoms with E-state index in [1.54, 1.807) is 0 Å². The van der Waals surface area contributed by atoms with Gasteiger partial charge in [-0.15, -0.1) is 0 Å². The van der Waals surface area contributed by atoms with Crippen molar-refractivity contribution >= 4 is 15.9 Å². The average Bonchev–Trinajstić information content (AvgIpc) is 2.14. The number of halogens is 1. The molecule has 0 saturated heterocycles. The van der Waals surface area contributed by atoms with Crippen LogP contribution in [0, 0.1) is 32.1 Å². The second-order valence-corrected chi connectivity index (χ2v) is 4.06. The van der Waals surface area contributed by atoms with Crippen LogP contribution in [0.5, 0.6) is 5.75 Å². The van der Waals surface area contributed by atoms with E-state index in [1.807, 2.05) is 32.9 Å². The minimum Gasteiger partial charge on any atom is -0.478 e. The lowest BCUT2D eigenvalue weighted by atomic mass is 10.1. The molecule has 0 saturated carbocycles. The fourth-order valence-corrected chi connectivity index (χ4v) is 1.98. The standard InChI is InChI=1S/C11H12BrNO/c1-7-6-10(12)8(2)9(3)11(7)14-5-4-13/h6H,5H2,1-3H3. The van der Waals surface area contributed by atoms with Crippen molar-refractivity contribution in [3.63, 3.8) is 0 Å².